The smallest absolute Gasteiger partial charge is 0.261 e. The van der Waals surface area contributed by atoms with Gasteiger partial charge in [0, 0.05) is 25.8 Å². The number of hydrogen-bond acceptors (Lipinski definition) is 7. The van der Waals surface area contributed by atoms with Gasteiger partial charge in [-0.3, -0.25) is 9.88 Å². The molecular formula is C13H17N5O2. The summed E-state index contributed by atoms with van der Waals surface area (Å²) in [6, 6.07) is 1.76. The lowest BCUT2D eigenvalue weighted by Crippen LogP contribution is -2.45. The molecule has 2 aromatic heterocycles. The van der Waals surface area contributed by atoms with Crippen LogP contribution in [0.4, 0.5) is 0 Å². The van der Waals surface area contributed by atoms with Crippen molar-refractivity contribution in [2.75, 3.05) is 33.7 Å². The van der Waals surface area contributed by atoms with Crippen LogP contribution in [0.1, 0.15) is 11.9 Å². The molecule has 0 amide bonds. The molecule has 0 aliphatic carbocycles. The van der Waals surface area contributed by atoms with Crippen LogP contribution in [0.3, 0.4) is 0 Å². The van der Waals surface area contributed by atoms with Gasteiger partial charge in [-0.2, -0.15) is 4.98 Å². The maximum atomic E-state index is 9.77. The lowest BCUT2D eigenvalue weighted by Gasteiger charge is -2.35. The van der Waals surface area contributed by atoms with Crippen LogP contribution in [0.15, 0.2) is 23.0 Å². The highest BCUT2D eigenvalue weighted by molar-refractivity contribution is 5.60. The van der Waals surface area contributed by atoms with E-state index >= 15 is 0 Å². The zero-order valence-electron chi connectivity index (χ0n) is 11.5. The van der Waals surface area contributed by atoms with Crippen LogP contribution in [0.5, 0.6) is 5.75 Å². The lowest BCUT2D eigenvalue weighted by atomic mass is 10.2. The largest absolute Gasteiger partial charge is 0.505 e. The fraction of sp³-hybridized carbons (Fsp3) is 0.462. The van der Waals surface area contributed by atoms with E-state index in [4.69, 9.17) is 4.52 Å². The van der Waals surface area contributed by atoms with Gasteiger partial charge in [0.15, 0.2) is 5.82 Å². The molecule has 106 valence electrons. The second kappa shape index (κ2) is 5.18. The molecule has 1 unspecified atom stereocenters. The van der Waals surface area contributed by atoms with Crippen molar-refractivity contribution < 1.29 is 9.63 Å². The molecule has 0 aromatic carbocycles. The third-order valence-electron chi connectivity index (χ3n) is 3.62. The van der Waals surface area contributed by atoms with Gasteiger partial charge in [-0.05, 0) is 20.2 Å². The molecule has 0 radical (unpaired) electrons. The molecule has 0 saturated carbocycles. The van der Waals surface area contributed by atoms with E-state index in [0.29, 0.717) is 17.3 Å². The van der Waals surface area contributed by atoms with Gasteiger partial charge in [-0.25, -0.2) is 0 Å². The third-order valence-corrected chi connectivity index (χ3v) is 3.62. The number of likely N-dealkylation sites (N-methyl/N-ethyl adjacent to an activating group) is 2. The van der Waals surface area contributed by atoms with Crippen molar-refractivity contribution in [3.63, 3.8) is 0 Å². The first-order valence-electron chi connectivity index (χ1n) is 6.51. The molecule has 1 aliphatic heterocycles. The van der Waals surface area contributed by atoms with Crippen molar-refractivity contribution in [2.45, 2.75) is 6.04 Å². The zero-order chi connectivity index (χ0) is 14.1. The minimum atomic E-state index is 0.0387. The molecule has 1 saturated heterocycles. The maximum absolute atomic E-state index is 9.77. The number of rotatable bonds is 2. The van der Waals surface area contributed by atoms with Crippen LogP contribution in [0, 0.1) is 0 Å². The number of aromatic hydroxyl groups is 1. The second-order valence-corrected chi connectivity index (χ2v) is 5.11. The number of pyridine rings is 1. The van der Waals surface area contributed by atoms with Crippen LogP contribution in [-0.2, 0) is 0 Å². The summed E-state index contributed by atoms with van der Waals surface area (Å²) in [4.78, 5) is 12.7. The van der Waals surface area contributed by atoms with E-state index in [1.807, 2.05) is 0 Å². The van der Waals surface area contributed by atoms with Gasteiger partial charge in [0.1, 0.15) is 5.75 Å². The highest BCUT2D eigenvalue weighted by Gasteiger charge is 2.28. The summed E-state index contributed by atoms with van der Waals surface area (Å²) in [6.45, 7) is 2.85. The minimum Gasteiger partial charge on any atom is -0.505 e. The Labute approximate surface area is 116 Å². The minimum absolute atomic E-state index is 0.0387. The fourth-order valence-corrected chi connectivity index (χ4v) is 2.34. The summed E-state index contributed by atoms with van der Waals surface area (Å²) in [5.74, 6) is 1.00. The van der Waals surface area contributed by atoms with E-state index in [9.17, 15) is 5.11 Å². The van der Waals surface area contributed by atoms with E-state index in [1.54, 1.807) is 12.3 Å². The summed E-state index contributed by atoms with van der Waals surface area (Å²) in [5.41, 5.74) is 0.505. The molecule has 0 bridgehead atoms. The van der Waals surface area contributed by atoms with Gasteiger partial charge in [0.05, 0.1) is 17.8 Å². The quantitative estimate of drug-likeness (QED) is 0.866. The van der Waals surface area contributed by atoms with Gasteiger partial charge >= 0.3 is 0 Å². The van der Waals surface area contributed by atoms with E-state index in [0.717, 1.165) is 19.6 Å². The fourth-order valence-electron chi connectivity index (χ4n) is 2.34. The van der Waals surface area contributed by atoms with Crippen molar-refractivity contribution in [1.29, 1.82) is 0 Å². The summed E-state index contributed by atoms with van der Waals surface area (Å²) >= 11 is 0. The monoisotopic (exact) mass is 275 g/mol. The molecule has 1 fully saturated rings. The molecule has 2 aromatic rings. The number of piperazine rings is 1. The molecule has 1 N–H and O–H groups in total. The normalized spacial score (nSPS) is 21.2. The van der Waals surface area contributed by atoms with Crippen molar-refractivity contribution in [1.82, 2.24) is 24.9 Å². The van der Waals surface area contributed by atoms with E-state index in [-0.39, 0.29) is 11.8 Å². The molecule has 3 rings (SSSR count). The molecule has 1 aliphatic rings. The first kappa shape index (κ1) is 13.0. The Hall–Kier alpha value is -1.99. The average Bonchev–Trinajstić information content (AvgIpc) is 2.91. The van der Waals surface area contributed by atoms with Crippen molar-refractivity contribution in [3.05, 3.63) is 24.3 Å². The average molecular weight is 275 g/mol. The van der Waals surface area contributed by atoms with Gasteiger partial charge in [0.25, 0.3) is 5.89 Å². The maximum Gasteiger partial charge on any atom is 0.261 e. The predicted molar refractivity (Wildman–Crippen MR) is 72.1 cm³/mol. The number of hydrogen-bond donors (Lipinski definition) is 1. The number of nitrogens with zero attached hydrogens (tertiary/aromatic N) is 5. The van der Waals surface area contributed by atoms with Gasteiger partial charge < -0.3 is 14.5 Å². The molecule has 0 spiro atoms. The topological polar surface area (TPSA) is 78.5 Å². The second-order valence-electron chi connectivity index (χ2n) is 5.11. The number of aromatic nitrogens is 3. The molecule has 20 heavy (non-hydrogen) atoms. The van der Waals surface area contributed by atoms with Gasteiger partial charge in [-0.1, -0.05) is 5.16 Å². The van der Waals surface area contributed by atoms with Crippen LogP contribution in [-0.4, -0.2) is 63.8 Å². The first-order chi connectivity index (χ1) is 9.65. The Kier molecular flexibility index (Phi) is 3.37. The summed E-state index contributed by atoms with van der Waals surface area (Å²) < 4.78 is 5.27. The SMILES string of the molecule is CN1CCN(C)C(c2noc(-c3ccncc3O)n2)C1. The van der Waals surface area contributed by atoms with Crippen LogP contribution in [0.25, 0.3) is 11.5 Å². The van der Waals surface area contributed by atoms with Crippen LogP contribution < -0.4 is 0 Å². The zero-order valence-corrected chi connectivity index (χ0v) is 11.5. The Bertz CT molecular complexity index is 600. The van der Waals surface area contributed by atoms with Crippen molar-refractivity contribution >= 4 is 0 Å². The summed E-state index contributed by atoms with van der Waals surface area (Å²) in [6.07, 6.45) is 2.94. The van der Waals surface area contributed by atoms with Crippen LogP contribution in [0.2, 0.25) is 0 Å². The van der Waals surface area contributed by atoms with Crippen molar-refractivity contribution in [2.24, 2.45) is 0 Å². The Morgan fingerprint density at radius 3 is 3.00 bits per heavy atom. The van der Waals surface area contributed by atoms with Crippen LogP contribution >= 0.6 is 0 Å². The van der Waals surface area contributed by atoms with Crippen molar-refractivity contribution in [3.8, 4) is 17.2 Å². The Balaban J connectivity index is 1.88. The summed E-state index contributed by atoms with van der Waals surface area (Å²) in [7, 11) is 4.13. The first-order valence-corrected chi connectivity index (χ1v) is 6.51. The van der Waals surface area contributed by atoms with E-state index < -0.39 is 0 Å². The summed E-state index contributed by atoms with van der Waals surface area (Å²) in [5, 5.41) is 13.8. The molecule has 1 atom stereocenters. The Morgan fingerprint density at radius 1 is 1.35 bits per heavy atom. The molecule has 7 heteroatoms. The highest BCUT2D eigenvalue weighted by atomic mass is 16.5. The predicted octanol–water partition coefficient (Wildman–Crippen LogP) is 0.755. The lowest BCUT2D eigenvalue weighted by molar-refractivity contribution is 0.108. The van der Waals surface area contributed by atoms with Gasteiger partial charge in [-0.15, -0.1) is 0 Å². The van der Waals surface area contributed by atoms with E-state index in [1.165, 1.54) is 6.20 Å². The Morgan fingerprint density at radius 2 is 2.20 bits per heavy atom. The molecule has 3 heterocycles. The van der Waals surface area contributed by atoms with E-state index in [2.05, 4.69) is 39.0 Å². The highest BCUT2D eigenvalue weighted by Crippen LogP contribution is 2.28. The van der Waals surface area contributed by atoms with Gasteiger partial charge in [0.2, 0.25) is 0 Å². The molecular weight excluding hydrogens is 258 g/mol. The standard InChI is InChI=1S/C13H17N5O2/c1-17-5-6-18(2)10(8-17)12-15-13(20-16-12)9-3-4-14-7-11(9)19/h3-4,7,10,19H,5-6,8H2,1-2H3. The molecule has 7 nitrogen and oxygen atoms in total. The third kappa shape index (κ3) is 2.37.